The summed E-state index contributed by atoms with van der Waals surface area (Å²) in [6.07, 6.45) is 5.37. The molecule has 1 N–H and O–H groups in total. The summed E-state index contributed by atoms with van der Waals surface area (Å²) in [5.41, 5.74) is 0.604. The van der Waals surface area contributed by atoms with Gasteiger partial charge in [-0.05, 0) is 38.2 Å². The van der Waals surface area contributed by atoms with E-state index in [1.165, 1.54) is 18.9 Å². The first kappa shape index (κ1) is 11.2. The Labute approximate surface area is 101 Å². The van der Waals surface area contributed by atoms with Crippen LogP contribution in [0, 0.1) is 5.82 Å². The molecule has 0 radical (unpaired) electrons. The van der Waals surface area contributed by atoms with E-state index < -0.39 is 0 Å². The van der Waals surface area contributed by atoms with Crippen molar-refractivity contribution in [1.82, 2.24) is 5.32 Å². The predicted octanol–water partition coefficient (Wildman–Crippen LogP) is 3.15. The SMILES string of the molecule is Fc1ccccc1C1CCOC2(CCCC2)N1. The van der Waals surface area contributed by atoms with Crippen LogP contribution in [0.15, 0.2) is 24.3 Å². The van der Waals surface area contributed by atoms with Crippen molar-refractivity contribution >= 4 is 0 Å². The van der Waals surface area contributed by atoms with Crippen molar-refractivity contribution in [3.05, 3.63) is 35.6 Å². The first-order valence-electron chi connectivity index (χ1n) is 6.45. The van der Waals surface area contributed by atoms with Crippen molar-refractivity contribution < 1.29 is 9.13 Å². The average molecular weight is 235 g/mol. The lowest BCUT2D eigenvalue weighted by molar-refractivity contribution is -0.106. The van der Waals surface area contributed by atoms with E-state index in [0.29, 0.717) is 0 Å². The normalized spacial score (nSPS) is 27.5. The van der Waals surface area contributed by atoms with E-state index in [2.05, 4.69) is 5.32 Å². The maximum atomic E-state index is 13.8. The lowest BCUT2D eigenvalue weighted by Gasteiger charge is -2.40. The van der Waals surface area contributed by atoms with Gasteiger partial charge < -0.3 is 4.74 Å². The van der Waals surface area contributed by atoms with E-state index in [1.54, 1.807) is 6.07 Å². The van der Waals surface area contributed by atoms with Gasteiger partial charge in [0.2, 0.25) is 0 Å². The van der Waals surface area contributed by atoms with E-state index in [0.717, 1.165) is 31.4 Å². The van der Waals surface area contributed by atoms with Gasteiger partial charge in [0, 0.05) is 11.6 Å². The zero-order valence-electron chi connectivity index (χ0n) is 9.92. The van der Waals surface area contributed by atoms with Gasteiger partial charge in [-0.15, -0.1) is 0 Å². The summed E-state index contributed by atoms with van der Waals surface area (Å²) >= 11 is 0. The van der Waals surface area contributed by atoms with Crippen molar-refractivity contribution in [2.45, 2.75) is 43.9 Å². The van der Waals surface area contributed by atoms with Crippen LogP contribution < -0.4 is 5.32 Å². The van der Waals surface area contributed by atoms with Gasteiger partial charge >= 0.3 is 0 Å². The molecule has 1 aliphatic carbocycles. The smallest absolute Gasteiger partial charge is 0.127 e. The highest BCUT2D eigenvalue weighted by molar-refractivity contribution is 5.22. The molecule has 17 heavy (non-hydrogen) atoms. The Bertz CT molecular complexity index is 401. The second-order valence-electron chi connectivity index (χ2n) is 5.06. The molecule has 3 heteroatoms. The van der Waals surface area contributed by atoms with Gasteiger partial charge in [0.25, 0.3) is 0 Å². The zero-order valence-corrected chi connectivity index (χ0v) is 9.92. The number of hydrogen-bond donors (Lipinski definition) is 1. The molecule has 2 aliphatic rings. The van der Waals surface area contributed by atoms with Crippen LogP contribution in [-0.4, -0.2) is 12.3 Å². The maximum Gasteiger partial charge on any atom is 0.127 e. The lowest BCUT2D eigenvalue weighted by atomic mass is 9.98. The molecule has 1 saturated carbocycles. The van der Waals surface area contributed by atoms with Crippen molar-refractivity contribution in [2.24, 2.45) is 0 Å². The first-order chi connectivity index (χ1) is 8.29. The van der Waals surface area contributed by atoms with E-state index >= 15 is 0 Å². The summed E-state index contributed by atoms with van der Waals surface area (Å²) in [5.74, 6) is -0.111. The molecule has 0 aromatic heterocycles. The van der Waals surface area contributed by atoms with Crippen LogP contribution in [0.3, 0.4) is 0 Å². The van der Waals surface area contributed by atoms with Crippen molar-refractivity contribution in [2.75, 3.05) is 6.61 Å². The minimum atomic E-state index is -0.175. The summed E-state index contributed by atoms with van der Waals surface area (Å²) in [4.78, 5) is 0. The average Bonchev–Trinajstić information content (AvgIpc) is 2.78. The fraction of sp³-hybridized carbons (Fsp3) is 0.571. The predicted molar refractivity (Wildman–Crippen MR) is 64.0 cm³/mol. The molecule has 92 valence electrons. The minimum absolute atomic E-state index is 0.100. The molecule has 2 nitrogen and oxygen atoms in total. The van der Waals surface area contributed by atoms with Gasteiger partial charge in [-0.1, -0.05) is 18.2 Å². The number of halogens is 1. The van der Waals surface area contributed by atoms with Gasteiger partial charge in [0.05, 0.1) is 6.61 Å². The third-order valence-electron chi connectivity index (χ3n) is 3.91. The summed E-state index contributed by atoms with van der Waals surface area (Å²) in [6.45, 7) is 0.728. The fourth-order valence-electron chi connectivity index (χ4n) is 3.03. The quantitative estimate of drug-likeness (QED) is 0.807. The molecule has 1 atom stereocenters. The van der Waals surface area contributed by atoms with Gasteiger partial charge in [0.15, 0.2) is 0 Å². The van der Waals surface area contributed by atoms with Gasteiger partial charge in [0.1, 0.15) is 11.5 Å². The van der Waals surface area contributed by atoms with Gasteiger partial charge in [-0.3, -0.25) is 5.32 Å². The number of nitrogens with one attached hydrogen (secondary N) is 1. The van der Waals surface area contributed by atoms with Crippen LogP contribution in [0.2, 0.25) is 0 Å². The second-order valence-corrected chi connectivity index (χ2v) is 5.06. The number of benzene rings is 1. The molecule has 1 saturated heterocycles. The zero-order chi connectivity index (χ0) is 11.7. The molecule has 3 rings (SSSR count). The molecular weight excluding hydrogens is 217 g/mol. The number of ether oxygens (including phenoxy) is 1. The van der Waals surface area contributed by atoms with Crippen molar-refractivity contribution in [3.63, 3.8) is 0 Å². The van der Waals surface area contributed by atoms with E-state index in [1.807, 2.05) is 12.1 Å². The molecule has 1 heterocycles. The second kappa shape index (κ2) is 4.39. The Morgan fingerprint density at radius 3 is 2.76 bits per heavy atom. The Morgan fingerprint density at radius 1 is 1.24 bits per heavy atom. The molecule has 1 spiro atoms. The summed E-state index contributed by atoms with van der Waals surface area (Å²) < 4.78 is 19.7. The molecule has 1 aliphatic heterocycles. The van der Waals surface area contributed by atoms with Crippen LogP contribution in [-0.2, 0) is 4.74 Å². The molecule has 0 amide bonds. The van der Waals surface area contributed by atoms with Gasteiger partial charge in [-0.2, -0.15) is 0 Å². The summed E-state index contributed by atoms with van der Waals surface area (Å²) in [7, 11) is 0. The minimum Gasteiger partial charge on any atom is -0.361 e. The van der Waals surface area contributed by atoms with E-state index in [9.17, 15) is 4.39 Å². The number of hydrogen-bond acceptors (Lipinski definition) is 2. The fourth-order valence-corrected chi connectivity index (χ4v) is 3.03. The Kier molecular flexibility index (Phi) is 2.89. The van der Waals surface area contributed by atoms with Crippen molar-refractivity contribution in [3.8, 4) is 0 Å². The maximum absolute atomic E-state index is 13.8. The summed E-state index contributed by atoms with van der Waals surface area (Å²) in [6, 6.07) is 7.15. The van der Waals surface area contributed by atoms with E-state index in [4.69, 9.17) is 4.74 Å². The highest BCUT2D eigenvalue weighted by Gasteiger charge is 2.40. The first-order valence-corrected chi connectivity index (χ1v) is 6.45. The third-order valence-corrected chi connectivity index (χ3v) is 3.91. The Hall–Kier alpha value is -0.930. The molecular formula is C14H18FNO. The molecule has 1 aromatic carbocycles. The topological polar surface area (TPSA) is 21.3 Å². The monoisotopic (exact) mass is 235 g/mol. The molecule has 0 bridgehead atoms. The largest absolute Gasteiger partial charge is 0.361 e. The molecule has 2 fully saturated rings. The summed E-state index contributed by atoms with van der Waals surface area (Å²) in [5, 5.41) is 3.52. The Balaban J connectivity index is 1.82. The van der Waals surface area contributed by atoms with Crippen LogP contribution in [0.4, 0.5) is 4.39 Å². The molecule has 1 unspecified atom stereocenters. The van der Waals surface area contributed by atoms with Crippen molar-refractivity contribution in [1.29, 1.82) is 0 Å². The van der Waals surface area contributed by atoms with Gasteiger partial charge in [-0.25, -0.2) is 4.39 Å². The Morgan fingerprint density at radius 2 is 2.00 bits per heavy atom. The lowest BCUT2D eigenvalue weighted by Crippen LogP contribution is -2.51. The molecule has 1 aromatic rings. The highest BCUT2D eigenvalue weighted by Crippen LogP contribution is 2.37. The van der Waals surface area contributed by atoms with Crippen LogP contribution in [0.1, 0.15) is 43.7 Å². The van der Waals surface area contributed by atoms with Crippen LogP contribution >= 0.6 is 0 Å². The van der Waals surface area contributed by atoms with E-state index in [-0.39, 0.29) is 17.6 Å². The van der Waals surface area contributed by atoms with Crippen LogP contribution in [0.5, 0.6) is 0 Å². The third kappa shape index (κ3) is 2.09. The van der Waals surface area contributed by atoms with Crippen LogP contribution in [0.25, 0.3) is 0 Å². The highest BCUT2D eigenvalue weighted by atomic mass is 19.1. The number of rotatable bonds is 1. The standard InChI is InChI=1S/C14H18FNO/c15-12-6-2-1-5-11(12)13-7-10-17-14(16-13)8-3-4-9-14/h1-2,5-6,13,16H,3-4,7-10H2.